The van der Waals surface area contributed by atoms with E-state index in [1.54, 1.807) is 25.3 Å². The molecule has 5 heteroatoms. The molecule has 0 aliphatic rings. The molecule has 2 rings (SSSR count). The van der Waals surface area contributed by atoms with Crippen molar-refractivity contribution in [3.63, 3.8) is 0 Å². The van der Waals surface area contributed by atoms with E-state index >= 15 is 0 Å². The van der Waals surface area contributed by atoms with E-state index in [1.165, 1.54) is 12.7 Å². The Hall–Kier alpha value is -2.82. The second-order valence-electron chi connectivity index (χ2n) is 5.98. The molecule has 0 spiro atoms. The zero-order chi connectivity index (χ0) is 18.9. The van der Waals surface area contributed by atoms with E-state index in [9.17, 15) is 9.59 Å². The van der Waals surface area contributed by atoms with Crippen LogP contribution in [0.1, 0.15) is 42.1 Å². The normalized spacial score (nSPS) is 10.3. The van der Waals surface area contributed by atoms with Crippen LogP contribution in [0.15, 0.2) is 42.5 Å². The van der Waals surface area contributed by atoms with Crippen LogP contribution >= 0.6 is 0 Å². The summed E-state index contributed by atoms with van der Waals surface area (Å²) in [4.78, 5) is 24.4. The lowest BCUT2D eigenvalue weighted by Gasteiger charge is -2.11. The Balaban J connectivity index is 1.91. The first-order chi connectivity index (χ1) is 12.6. The van der Waals surface area contributed by atoms with E-state index in [2.05, 4.69) is 12.2 Å². The lowest BCUT2D eigenvalue weighted by molar-refractivity contribution is -0.116. The van der Waals surface area contributed by atoms with Gasteiger partial charge in [0.05, 0.1) is 19.9 Å². The van der Waals surface area contributed by atoms with Crippen LogP contribution < -0.4 is 14.8 Å². The van der Waals surface area contributed by atoms with Crippen molar-refractivity contribution in [3.05, 3.63) is 53.6 Å². The fourth-order valence-corrected chi connectivity index (χ4v) is 2.63. The number of anilines is 1. The molecular formula is C21H25NO4. The minimum absolute atomic E-state index is 0.0371. The van der Waals surface area contributed by atoms with Gasteiger partial charge in [0, 0.05) is 24.5 Å². The number of carbonyl (C=O) groups excluding carboxylic acids is 2. The molecule has 138 valence electrons. The molecule has 2 aromatic carbocycles. The van der Waals surface area contributed by atoms with Crippen LogP contribution in [0.5, 0.6) is 11.5 Å². The fraction of sp³-hybridized carbons (Fsp3) is 0.333. The van der Waals surface area contributed by atoms with Crippen molar-refractivity contribution in [1.82, 2.24) is 0 Å². The van der Waals surface area contributed by atoms with Crippen molar-refractivity contribution in [2.24, 2.45) is 0 Å². The Kier molecular flexibility index (Phi) is 7.21. The summed E-state index contributed by atoms with van der Waals surface area (Å²) < 4.78 is 10.4. The van der Waals surface area contributed by atoms with Gasteiger partial charge in [-0.1, -0.05) is 37.6 Å². The van der Waals surface area contributed by atoms with Gasteiger partial charge in [0.25, 0.3) is 0 Å². The van der Waals surface area contributed by atoms with Gasteiger partial charge in [0.1, 0.15) is 11.5 Å². The molecule has 26 heavy (non-hydrogen) atoms. The van der Waals surface area contributed by atoms with Gasteiger partial charge in [-0.3, -0.25) is 9.59 Å². The van der Waals surface area contributed by atoms with Gasteiger partial charge < -0.3 is 14.8 Å². The van der Waals surface area contributed by atoms with E-state index < -0.39 is 0 Å². The van der Waals surface area contributed by atoms with Crippen molar-refractivity contribution in [2.45, 2.75) is 32.6 Å². The van der Waals surface area contributed by atoms with E-state index in [1.807, 2.05) is 24.3 Å². The Morgan fingerprint density at radius 3 is 2.31 bits per heavy atom. The molecule has 0 atom stereocenters. The first-order valence-corrected chi connectivity index (χ1v) is 8.71. The first kappa shape index (κ1) is 19.5. The van der Waals surface area contributed by atoms with Crippen LogP contribution in [-0.4, -0.2) is 25.9 Å². The fourth-order valence-electron chi connectivity index (χ4n) is 2.63. The van der Waals surface area contributed by atoms with Crippen LogP contribution in [-0.2, 0) is 11.2 Å². The Bertz CT molecular complexity index is 753. The molecule has 0 aromatic heterocycles. The highest BCUT2D eigenvalue weighted by Crippen LogP contribution is 2.29. The summed E-state index contributed by atoms with van der Waals surface area (Å²) in [5, 5.41) is 2.77. The Morgan fingerprint density at radius 1 is 0.962 bits per heavy atom. The summed E-state index contributed by atoms with van der Waals surface area (Å²) in [6.45, 7) is 2.12. The lowest BCUT2D eigenvalue weighted by Crippen LogP contribution is -2.14. The van der Waals surface area contributed by atoms with Gasteiger partial charge in [-0.25, -0.2) is 0 Å². The summed E-state index contributed by atoms with van der Waals surface area (Å²) >= 11 is 0. The molecule has 0 aliphatic heterocycles. The highest BCUT2D eigenvalue weighted by Gasteiger charge is 2.12. The molecule has 0 unspecified atom stereocenters. The van der Waals surface area contributed by atoms with Gasteiger partial charge in [-0.05, 0) is 24.1 Å². The number of hydrogen-bond acceptors (Lipinski definition) is 4. The van der Waals surface area contributed by atoms with Crippen molar-refractivity contribution < 1.29 is 19.1 Å². The van der Waals surface area contributed by atoms with Gasteiger partial charge >= 0.3 is 0 Å². The molecule has 0 fully saturated rings. The molecule has 1 amide bonds. The van der Waals surface area contributed by atoms with Crippen LogP contribution in [0, 0.1) is 0 Å². The zero-order valence-electron chi connectivity index (χ0n) is 15.5. The van der Waals surface area contributed by atoms with Gasteiger partial charge in [-0.2, -0.15) is 0 Å². The molecule has 0 saturated heterocycles. The van der Waals surface area contributed by atoms with Gasteiger partial charge in [0.15, 0.2) is 5.78 Å². The molecule has 1 N–H and O–H groups in total. The van der Waals surface area contributed by atoms with Gasteiger partial charge in [-0.15, -0.1) is 0 Å². The van der Waals surface area contributed by atoms with E-state index in [0.29, 0.717) is 22.7 Å². The lowest BCUT2D eigenvalue weighted by atomic mass is 10.0. The largest absolute Gasteiger partial charge is 0.497 e. The van der Waals surface area contributed by atoms with E-state index in [-0.39, 0.29) is 24.5 Å². The maximum absolute atomic E-state index is 12.3. The number of rotatable bonds is 9. The van der Waals surface area contributed by atoms with Crippen molar-refractivity contribution in [3.8, 4) is 11.5 Å². The first-order valence-electron chi connectivity index (χ1n) is 8.71. The quantitative estimate of drug-likeness (QED) is 0.683. The molecule has 5 nitrogen and oxygen atoms in total. The third-order valence-electron chi connectivity index (χ3n) is 4.08. The molecule has 0 radical (unpaired) electrons. The average Bonchev–Trinajstić information content (AvgIpc) is 2.67. The summed E-state index contributed by atoms with van der Waals surface area (Å²) in [5.41, 5.74) is 2.41. The third-order valence-corrected chi connectivity index (χ3v) is 4.08. The van der Waals surface area contributed by atoms with Crippen LogP contribution in [0.25, 0.3) is 0 Å². The maximum atomic E-state index is 12.3. The second kappa shape index (κ2) is 9.61. The van der Waals surface area contributed by atoms with Crippen molar-refractivity contribution in [2.75, 3.05) is 19.5 Å². The van der Waals surface area contributed by atoms with Crippen molar-refractivity contribution >= 4 is 17.4 Å². The standard InChI is InChI=1S/C21H25NO4/c1-4-5-15-6-8-16(9-7-15)19(23)12-13-21(24)22-18-11-10-17(25-2)14-20(18)26-3/h6-11,14H,4-5,12-13H2,1-3H3,(H,22,24). The number of amides is 1. The number of methoxy groups -OCH3 is 2. The number of ether oxygens (including phenoxy) is 2. The average molecular weight is 355 g/mol. The minimum Gasteiger partial charge on any atom is -0.497 e. The number of Topliss-reactive ketones (excluding diaryl/α,β-unsaturated/α-hetero) is 1. The van der Waals surface area contributed by atoms with Gasteiger partial charge in [0.2, 0.25) is 5.91 Å². The molecule has 0 saturated carbocycles. The van der Waals surface area contributed by atoms with Crippen molar-refractivity contribution in [1.29, 1.82) is 0 Å². The maximum Gasteiger partial charge on any atom is 0.224 e. The molecule has 2 aromatic rings. The third kappa shape index (κ3) is 5.34. The molecule has 0 aliphatic carbocycles. The summed E-state index contributed by atoms with van der Waals surface area (Å²) in [6.07, 6.45) is 2.35. The minimum atomic E-state index is -0.232. The van der Waals surface area contributed by atoms with Crippen LogP contribution in [0.4, 0.5) is 5.69 Å². The summed E-state index contributed by atoms with van der Waals surface area (Å²) in [5.74, 6) is 0.881. The van der Waals surface area contributed by atoms with E-state index in [4.69, 9.17) is 9.47 Å². The second-order valence-corrected chi connectivity index (χ2v) is 5.98. The number of aryl methyl sites for hydroxylation is 1. The molecule has 0 heterocycles. The molecular weight excluding hydrogens is 330 g/mol. The van der Waals surface area contributed by atoms with E-state index in [0.717, 1.165) is 12.8 Å². The Morgan fingerprint density at radius 2 is 1.69 bits per heavy atom. The predicted octanol–water partition coefficient (Wildman–Crippen LogP) is 4.26. The summed E-state index contributed by atoms with van der Waals surface area (Å²) in [6, 6.07) is 12.7. The Labute approximate surface area is 154 Å². The SMILES string of the molecule is CCCc1ccc(C(=O)CCC(=O)Nc2ccc(OC)cc2OC)cc1. The number of ketones is 1. The number of benzene rings is 2. The number of carbonyl (C=O) groups is 2. The monoisotopic (exact) mass is 355 g/mol. The highest BCUT2D eigenvalue weighted by molar-refractivity contribution is 6.00. The smallest absolute Gasteiger partial charge is 0.224 e. The van der Waals surface area contributed by atoms with Crippen LogP contribution in [0.2, 0.25) is 0 Å². The molecule has 0 bridgehead atoms. The topological polar surface area (TPSA) is 64.6 Å². The highest BCUT2D eigenvalue weighted by atomic mass is 16.5. The van der Waals surface area contributed by atoms with Crippen LogP contribution in [0.3, 0.4) is 0 Å². The number of hydrogen-bond donors (Lipinski definition) is 1. The summed E-state index contributed by atoms with van der Waals surface area (Å²) in [7, 11) is 3.09. The number of nitrogens with one attached hydrogen (secondary N) is 1. The predicted molar refractivity (Wildman–Crippen MR) is 102 cm³/mol. The zero-order valence-corrected chi connectivity index (χ0v) is 15.5.